The van der Waals surface area contributed by atoms with Crippen LogP contribution in [0, 0.1) is 5.21 Å². The van der Waals surface area contributed by atoms with Gasteiger partial charge in [-0.3, -0.25) is 0 Å². The molecule has 3 heteroatoms. The number of rotatable bonds is 3. The highest BCUT2D eigenvalue weighted by Crippen LogP contribution is 2.23. The van der Waals surface area contributed by atoms with E-state index in [1.165, 1.54) is 5.56 Å². The number of imidazole rings is 1. The first-order chi connectivity index (χ1) is 8.10. The van der Waals surface area contributed by atoms with Crippen molar-refractivity contribution in [3.05, 3.63) is 34.8 Å². The number of aryl methyl sites for hydroxylation is 1. The fourth-order valence-electron chi connectivity index (χ4n) is 2.32. The van der Waals surface area contributed by atoms with Gasteiger partial charge in [0.2, 0.25) is 0 Å². The van der Waals surface area contributed by atoms with E-state index >= 15 is 0 Å². The molecule has 0 fully saturated rings. The monoisotopic (exact) mass is 232 g/mol. The molecular weight excluding hydrogens is 212 g/mol. The molecule has 0 aliphatic carbocycles. The van der Waals surface area contributed by atoms with E-state index in [0.29, 0.717) is 5.92 Å². The van der Waals surface area contributed by atoms with Crippen molar-refractivity contribution in [2.75, 3.05) is 0 Å². The third-order valence-electron chi connectivity index (χ3n) is 3.70. The van der Waals surface area contributed by atoms with Gasteiger partial charge in [-0.25, -0.2) is 9.30 Å². The van der Waals surface area contributed by atoms with Crippen molar-refractivity contribution in [3.8, 4) is 0 Å². The van der Waals surface area contributed by atoms with Gasteiger partial charge in [0.15, 0.2) is 11.0 Å². The Morgan fingerprint density at radius 1 is 1.35 bits per heavy atom. The molecule has 0 saturated carbocycles. The van der Waals surface area contributed by atoms with Crippen LogP contribution >= 0.6 is 0 Å². The van der Waals surface area contributed by atoms with E-state index in [1.807, 2.05) is 24.6 Å². The quantitative estimate of drug-likeness (QED) is 0.591. The molecule has 0 amide bonds. The smallest absolute Gasteiger partial charge is 0.259 e. The Morgan fingerprint density at radius 2 is 2.06 bits per heavy atom. The van der Waals surface area contributed by atoms with Crippen LogP contribution in [0.25, 0.3) is 11.0 Å². The van der Waals surface area contributed by atoms with E-state index in [0.717, 1.165) is 34.4 Å². The summed E-state index contributed by atoms with van der Waals surface area (Å²) < 4.78 is 3.06. The summed E-state index contributed by atoms with van der Waals surface area (Å²) in [5.74, 6) is 1.32. The standard InChI is InChI=1S/C14H20N2O/c1-5-10(3)11-7-8-12-13(9-11)16(17)14(6-2)15(12)4/h7-10H,5-6H2,1-4H3. The van der Waals surface area contributed by atoms with Crippen molar-refractivity contribution in [1.29, 1.82) is 0 Å². The zero-order valence-corrected chi connectivity index (χ0v) is 11.0. The largest absolute Gasteiger partial charge is 0.710 e. The van der Waals surface area contributed by atoms with Crippen LogP contribution < -0.4 is 4.73 Å². The van der Waals surface area contributed by atoms with E-state index in [1.54, 1.807) is 0 Å². The van der Waals surface area contributed by atoms with E-state index in [2.05, 4.69) is 26.0 Å². The second-order valence-corrected chi connectivity index (χ2v) is 4.68. The second kappa shape index (κ2) is 4.40. The maximum atomic E-state index is 12.1. The SMILES string of the molecule is CCc1n(C)c2ccc(C(C)CC)cc2[n+]1[O-]. The molecule has 2 rings (SSSR count). The predicted octanol–water partition coefficient (Wildman–Crippen LogP) is 2.89. The summed E-state index contributed by atoms with van der Waals surface area (Å²) in [5, 5.41) is 12.1. The molecule has 92 valence electrons. The van der Waals surface area contributed by atoms with Gasteiger partial charge in [-0.05, 0) is 30.0 Å². The van der Waals surface area contributed by atoms with E-state index in [9.17, 15) is 5.21 Å². The van der Waals surface area contributed by atoms with Crippen LogP contribution in [0.15, 0.2) is 18.2 Å². The Bertz CT molecular complexity index is 543. The van der Waals surface area contributed by atoms with Crippen LogP contribution in [0.2, 0.25) is 0 Å². The lowest BCUT2D eigenvalue weighted by atomic mass is 9.98. The third-order valence-corrected chi connectivity index (χ3v) is 3.70. The number of fused-ring (bicyclic) bond motifs is 1. The predicted molar refractivity (Wildman–Crippen MR) is 70.0 cm³/mol. The zero-order valence-electron chi connectivity index (χ0n) is 11.0. The van der Waals surface area contributed by atoms with Crippen molar-refractivity contribution >= 4 is 11.0 Å². The first-order valence-electron chi connectivity index (χ1n) is 6.30. The lowest BCUT2D eigenvalue weighted by Gasteiger charge is -2.08. The molecule has 2 aromatic rings. The summed E-state index contributed by atoms with van der Waals surface area (Å²) in [7, 11) is 1.96. The van der Waals surface area contributed by atoms with Crippen LogP contribution in [-0.4, -0.2) is 4.57 Å². The molecule has 1 aromatic heterocycles. The van der Waals surface area contributed by atoms with Gasteiger partial charge in [-0.15, -0.1) is 0 Å². The molecule has 17 heavy (non-hydrogen) atoms. The van der Waals surface area contributed by atoms with Gasteiger partial charge in [0.05, 0.1) is 7.05 Å². The molecule has 1 atom stereocenters. The number of aromatic nitrogens is 2. The Hall–Kier alpha value is -1.51. The minimum absolute atomic E-state index is 0.504. The molecule has 1 aromatic carbocycles. The summed E-state index contributed by atoms with van der Waals surface area (Å²) in [4.78, 5) is 0. The van der Waals surface area contributed by atoms with Gasteiger partial charge in [0.1, 0.15) is 0 Å². The van der Waals surface area contributed by atoms with Crippen molar-refractivity contribution in [2.24, 2.45) is 7.05 Å². The summed E-state index contributed by atoms with van der Waals surface area (Å²) in [6.07, 6.45) is 1.85. The van der Waals surface area contributed by atoms with Crippen LogP contribution in [0.5, 0.6) is 0 Å². The van der Waals surface area contributed by atoms with E-state index in [4.69, 9.17) is 0 Å². The van der Waals surface area contributed by atoms with Gasteiger partial charge in [-0.1, -0.05) is 26.8 Å². The van der Waals surface area contributed by atoms with Crippen molar-refractivity contribution < 1.29 is 4.73 Å². The summed E-state index contributed by atoms with van der Waals surface area (Å²) in [6, 6.07) is 6.23. The summed E-state index contributed by atoms with van der Waals surface area (Å²) in [5.41, 5.74) is 3.06. The highest BCUT2D eigenvalue weighted by molar-refractivity contribution is 5.73. The number of hydrogen-bond acceptors (Lipinski definition) is 1. The summed E-state index contributed by atoms with van der Waals surface area (Å²) >= 11 is 0. The first-order valence-corrected chi connectivity index (χ1v) is 6.30. The van der Waals surface area contributed by atoms with Crippen LogP contribution in [-0.2, 0) is 13.5 Å². The average Bonchev–Trinajstić information content (AvgIpc) is 2.60. The molecule has 1 unspecified atom stereocenters. The Labute approximate surface area is 102 Å². The van der Waals surface area contributed by atoms with Crippen molar-refractivity contribution in [1.82, 2.24) is 4.57 Å². The fraction of sp³-hybridized carbons (Fsp3) is 0.500. The lowest BCUT2D eigenvalue weighted by molar-refractivity contribution is -0.587. The normalized spacial score (nSPS) is 13.2. The Balaban J connectivity index is 2.65. The zero-order chi connectivity index (χ0) is 12.6. The molecule has 0 spiro atoms. The van der Waals surface area contributed by atoms with Crippen molar-refractivity contribution in [3.63, 3.8) is 0 Å². The van der Waals surface area contributed by atoms with E-state index in [-0.39, 0.29) is 0 Å². The molecule has 0 radical (unpaired) electrons. The van der Waals surface area contributed by atoms with Gasteiger partial charge in [0, 0.05) is 6.42 Å². The molecule has 0 aliphatic rings. The summed E-state index contributed by atoms with van der Waals surface area (Å²) in [6.45, 7) is 6.38. The van der Waals surface area contributed by atoms with E-state index < -0.39 is 0 Å². The third kappa shape index (κ3) is 1.79. The molecule has 1 heterocycles. The second-order valence-electron chi connectivity index (χ2n) is 4.68. The van der Waals surface area contributed by atoms with Gasteiger partial charge in [-0.2, -0.15) is 0 Å². The maximum Gasteiger partial charge on any atom is 0.259 e. The molecule has 3 nitrogen and oxygen atoms in total. The molecule has 0 bridgehead atoms. The van der Waals surface area contributed by atoms with Gasteiger partial charge in [0.25, 0.3) is 5.82 Å². The minimum Gasteiger partial charge on any atom is -0.710 e. The highest BCUT2D eigenvalue weighted by atomic mass is 16.5. The molecular formula is C14H20N2O. The topological polar surface area (TPSA) is 31.9 Å². The highest BCUT2D eigenvalue weighted by Gasteiger charge is 2.17. The van der Waals surface area contributed by atoms with Gasteiger partial charge < -0.3 is 5.21 Å². The first kappa shape index (κ1) is 12.0. The van der Waals surface area contributed by atoms with Gasteiger partial charge >= 0.3 is 0 Å². The lowest BCUT2D eigenvalue weighted by Crippen LogP contribution is -2.30. The minimum atomic E-state index is 0.504. The van der Waals surface area contributed by atoms with Crippen LogP contribution in [0.3, 0.4) is 0 Å². The maximum absolute atomic E-state index is 12.1. The number of benzene rings is 1. The Morgan fingerprint density at radius 3 is 2.65 bits per heavy atom. The average molecular weight is 232 g/mol. The fourth-order valence-corrected chi connectivity index (χ4v) is 2.32. The molecule has 0 N–H and O–H groups in total. The number of nitrogens with zero attached hydrogens (tertiary/aromatic N) is 2. The molecule has 0 saturated heterocycles. The van der Waals surface area contributed by atoms with Crippen molar-refractivity contribution in [2.45, 2.75) is 39.5 Å². The molecule has 0 aliphatic heterocycles. The number of hydrogen-bond donors (Lipinski definition) is 0. The Kier molecular flexibility index (Phi) is 3.09. The van der Waals surface area contributed by atoms with Crippen LogP contribution in [0.4, 0.5) is 0 Å². The van der Waals surface area contributed by atoms with Crippen LogP contribution in [0.1, 0.15) is 44.5 Å².